The van der Waals surface area contributed by atoms with Crippen LogP contribution in [-0.2, 0) is 9.59 Å². The molecule has 1 aromatic carbocycles. The van der Waals surface area contributed by atoms with E-state index in [-0.39, 0.29) is 32.7 Å². The fourth-order valence-electron chi connectivity index (χ4n) is 3.70. The number of nitrogens with zero attached hydrogens (tertiary/aromatic N) is 2. The van der Waals surface area contributed by atoms with Crippen LogP contribution >= 0.6 is 34.5 Å². The molecule has 1 amide bonds. The number of benzene rings is 1. The molecule has 2 heterocycles. The van der Waals surface area contributed by atoms with Crippen LogP contribution in [0.5, 0.6) is 11.5 Å². The van der Waals surface area contributed by atoms with E-state index in [1.807, 2.05) is 36.5 Å². The summed E-state index contributed by atoms with van der Waals surface area (Å²) in [5.41, 5.74) is 0.0778. The van der Waals surface area contributed by atoms with Crippen LogP contribution in [0.25, 0.3) is 5.76 Å². The Morgan fingerprint density at radius 2 is 1.91 bits per heavy atom. The van der Waals surface area contributed by atoms with Gasteiger partial charge in [-0.2, -0.15) is 0 Å². The lowest BCUT2D eigenvalue weighted by Crippen LogP contribution is -2.32. The minimum absolute atomic E-state index is 0.0297. The van der Waals surface area contributed by atoms with E-state index in [1.54, 1.807) is 0 Å². The molecule has 172 valence electrons. The number of carbonyl (C=O) groups is 2. The highest BCUT2D eigenvalue weighted by Gasteiger charge is 2.46. The summed E-state index contributed by atoms with van der Waals surface area (Å²) in [6.45, 7) is 1.11. The monoisotopic (exact) mass is 498 g/mol. The lowest BCUT2D eigenvalue weighted by Gasteiger charge is -2.25. The molecule has 1 aromatic heterocycles. The Hall–Kier alpha value is -2.26. The molecule has 1 atom stereocenters. The third-order valence-electron chi connectivity index (χ3n) is 5.15. The lowest BCUT2D eigenvalue weighted by atomic mass is 9.99. The number of amides is 1. The van der Waals surface area contributed by atoms with Gasteiger partial charge in [-0.3, -0.25) is 9.59 Å². The number of likely N-dealkylation sites (tertiary alicyclic amines) is 1. The minimum Gasteiger partial charge on any atom is -0.507 e. The van der Waals surface area contributed by atoms with Crippen molar-refractivity contribution in [3.63, 3.8) is 0 Å². The van der Waals surface area contributed by atoms with Gasteiger partial charge in [-0.05, 0) is 44.6 Å². The van der Waals surface area contributed by atoms with Crippen molar-refractivity contribution in [2.75, 3.05) is 41.4 Å². The van der Waals surface area contributed by atoms with E-state index >= 15 is 0 Å². The van der Waals surface area contributed by atoms with Gasteiger partial charge in [0.1, 0.15) is 10.8 Å². The van der Waals surface area contributed by atoms with E-state index in [9.17, 15) is 14.7 Å². The molecular formula is C22H24Cl2N2O5S. The summed E-state index contributed by atoms with van der Waals surface area (Å²) in [7, 11) is 6.66. The van der Waals surface area contributed by atoms with Crippen LogP contribution in [0.4, 0.5) is 0 Å². The molecule has 10 heteroatoms. The molecule has 2 aromatic rings. The molecule has 32 heavy (non-hydrogen) atoms. The SMILES string of the molecule is COc1c(Cl)cc(/C(O)=C2/C(=O)C(=O)N(CCCN(C)C)C2c2cccs2)c(OC)c1Cl. The number of ether oxygens (including phenoxy) is 2. The van der Waals surface area contributed by atoms with E-state index < -0.39 is 23.5 Å². The van der Waals surface area contributed by atoms with Crippen molar-refractivity contribution in [3.05, 3.63) is 49.6 Å². The summed E-state index contributed by atoms with van der Waals surface area (Å²) in [5.74, 6) is -1.56. The average Bonchev–Trinajstić information content (AvgIpc) is 3.35. The van der Waals surface area contributed by atoms with Gasteiger partial charge in [0.2, 0.25) is 0 Å². The van der Waals surface area contributed by atoms with E-state index in [1.165, 1.54) is 36.5 Å². The summed E-state index contributed by atoms with van der Waals surface area (Å²) in [6.07, 6.45) is 0.672. The molecule has 3 rings (SSSR count). The molecule has 0 bridgehead atoms. The van der Waals surface area contributed by atoms with Crippen LogP contribution in [0.3, 0.4) is 0 Å². The molecule has 0 saturated carbocycles. The van der Waals surface area contributed by atoms with Gasteiger partial charge < -0.3 is 24.4 Å². The van der Waals surface area contributed by atoms with Gasteiger partial charge in [-0.25, -0.2) is 0 Å². The standard InChI is InChI=1S/C22H24Cl2N2O5S/c1-25(2)8-6-9-26-17(14-7-5-10-32-14)15(19(28)22(26)29)18(27)12-11-13(23)21(31-4)16(24)20(12)30-3/h5,7,10-11,17,27H,6,8-9H2,1-4H3/b18-15-. The summed E-state index contributed by atoms with van der Waals surface area (Å²) in [4.78, 5) is 30.3. The van der Waals surface area contributed by atoms with Crippen LogP contribution < -0.4 is 9.47 Å². The molecule has 7 nitrogen and oxygen atoms in total. The molecular weight excluding hydrogens is 475 g/mol. The number of halogens is 2. The number of methoxy groups -OCH3 is 2. The molecule has 1 aliphatic rings. The number of ketones is 1. The van der Waals surface area contributed by atoms with Crippen LogP contribution in [0.2, 0.25) is 10.0 Å². The largest absolute Gasteiger partial charge is 0.507 e. The first kappa shape index (κ1) is 24.4. The number of hydrogen-bond acceptors (Lipinski definition) is 7. The Morgan fingerprint density at radius 1 is 1.22 bits per heavy atom. The number of carbonyl (C=O) groups excluding carboxylic acids is 2. The summed E-state index contributed by atoms with van der Waals surface area (Å²) in [6, 6.07) is 4.35. The van der Waals surface area contributed by atoms with Gasteiger partial charge >= 0.3 is 0 Å². The number of Topliss-reactive ketones (excluding diaryl/α,β-unsaturated/α-hetero) is 1. The average molecular weight is 499 g/mol. The van der Waals surface area contributed by atoms with Crippen LogP contribution in [-0.4, -0.2) is 68.0 Å². The van der Waals surface area contributed by atoms with Crippen LogP contribution in [0.15, 0.2) is 29.2 Å². The summed E-state index contributed by atoms with van der Waals surface area (Å²) < 4.78 is 10.6. The van der Waals surface area contributed by atoms with Crippen molar-refractivity contribution in [1.29, 1.82) is 0 Å². The summed E-state index contributed by atoms with van der Waals surface area (Å²) >= 11 is 14.0. The number of thiophene rings is 1. The van der Waals surface area contributed by atoms with Gasteiger partial charge in [0, 0.05) is 11.4 Å². The number of aliphatic hydroxyl groups is 1. The highest BCUT2D eigenvalue weighted by Crippen LogP contribution is 2.47. The van der Waals surface area contributed by atoms with Crippen LogP contribution in [0, 0.1) is 0 Å². The first-order valence-electron chi connectivity index (χ1n) is 9.79. The van der Waals surface area contributed by atoms with E-state index in [0.717, 1.165) is 11.4 Å². The maximum Gasteiger partial charge on any atom is 0.295 e. The van der Waals surface area contributed by atoms with Crippen molar-refractivity contribution >= 4 is 52.0 Å². The molecule has 1 unspecified atom stereocenters. The Balaban J connectivity index is 2.17. The zero-order valence-corrected chi connectivity index (χ0v) is 20.5. The summed E-state index contributed by atoms with van der Waals surface area (Å²) in [5, 5.41) is 13.3. The third kappa shape index (κ3) is 4.45. The molecule has 0 aliphatic carbocycles. The van der Waals surface area contributed by atoms with Crippen molar-refractivity contribution in [3.8, 4) is 11.5 Å². The van der Waals surface area contributed by atoms with Gasteiger partial charge in [-0.1, -0.05) is 29.3 Å². The third-order valence-corrected chi connectivity index (χ3v) is 6.70. The number of hydrogen-bond donors (Lipinski definition) is 1. The van der Waals surface area contributed by atoms with E-state index in [4.69, 9.17) is 32.7 Å². The predicted molar refractivity (Wildman–Crippen MR) is 126 cm³/mol. The molecule has 0 radical (unpaired) electrons. The van der Waals surface area contributed by atoms with Gasteiger partial charge in [0.15, 0.2) is 11.5 Å². The highest BCUT2D eigenvalue weighted by molar-refractivity contribution is 7.10. The van der Waals surface area contributed by atoms with Gasteiger partial charge in [0.05, 0.1) is 36.4 Å². The molecule has 1 N–H and O–H groups in total. The number of rotatable bonds is 8. The second-order valence-electron chi connectivity index (χ2n) is 7.45. The van der Waals surface area contributed by atoms with Crippen LogP contribution in [0.1, 0.15) is 22.9 Å². The van der Waals surface area contributed by atoms with Gasteiger partial charge in [0.25, 0.3) is 11.7 Å². The normalized spacial score (nSPS) is 18.0. The van der Waals surface area contributed by atoms with Gasteiger partial charge in [-0.15, -0.1) is 11.3 Å². The highest BCUT2D eigenvalue weighted by atomic mass is 35.5. The molecule has 1 aliphatic heterocycles. The van der Waals surface area contributed by atoms with Crippen molar-refractivity contribution in [1.82, 2.24) is 9.80 Å². The lowest BCUT2D eigenvalue weighted by molar-refractivity contribution is -0.139. The van der Waals surface area contributed by atoms with Crippen molar-refractivity contribution in [2.24, 2.45) is 0 Å². The second-order valence-corrected chi connectivity index (χ2v) is 9.22. The topological polar surface area (TPSA) is 79.3 Å². The maximum atomic E-state index is 13.1. The zero-order valence-electron chi connectivity index (χ0n) is 18.1. The molecule has 0 spiro atoms. The Bertz CT molecular complexity index is 1050. The number of aliphatic hydroxyl groups excluding tert-OH is 1. The van der Waals surface area contributed by atoms with Crippen molar-refractivity contribution < 1.29 is 24.2 Å². The Morgan fingerprint density at radius 3 is 2.47 bits per heavy atom. The zero-order chi connectivity index (χ0) is 23.6. The molecule has 1 fully saturated rings. The Kier molecular flexibility index (Phi) is 7.71. The predicted octanol–water partition coefficient (Wildman–Crippen LogP) is 4.45. The fourth-order valence-corrected chi connectivity index (χ4v) is 5.23. The minimum atomic E-state index is -0.768. The first-order valence-corrected chi connectivity index (χ1v) is 11.4. The molecule has 1 saturated heterocycles. The first-order chi connectivity index (χ1) is 15.2. The maximum absolute atomic E-state index is 13.1. The second kappa shape index (κ2) is 10.1. The smallest absolute Gasteiger partial charge is 0.295 e. The van der Waals surface area contributed by atoms with Crippen molar-refractivity contribution in [2.45, 2.75) is 12.5 Å². The van der Waals surface area contributed by atoms with E-state index in [2.05, 4.69) is 0 Å². The Labute approximate surface area is 200 Å². The van der Waals surface area contributed by atoms with E-state index in [0.29, 0.717) is 13.0 Å². The fraction of sp³-hybridized carbons (Fsp3) is 0.364. The quantitative estimate of drug-likeness (QED) is 0.329.